The average molecular weight is 285 g/mol. The number of likely N-dealkylation sites (N-methyl/N-ethyl adjacent to an activating group) is 1. The molecule has 4 nitrogen and oxygen atoms in total. The van der Waals surface area contributed by atoms with E-state index >= 15 is 0 Å². The van der Waals surface area contributed by atoms with Crippen molar-refractivity contribution in [2.75, 3.05) is 6.54 Å². The van der Waals surface area contributed by atoms with Crippen LogP contribution in [-0.2, 0) is 4.79 Å². The van der Waals surface area contributed by atoms with Gasteiger partial charge in [0, 0.05) is 23.5 Å². The Morgan fingerprint density at radius 2 is 1.95 bits per heavy atom. The summed E-state index contributed by atoms with van der Waals surface area (Å²) in [6.07, 6.45) is 0. The molecule has 1 rings (SSSR count). The summed E-state index contributed by atoms with van der Waals surface area (Å²) in [5, 5.41) is 2.23. The van der Waals surface area contributed by atoms with E-state index in [1.54, 1.807) is 13.0 Å². The zero-order chi connectivity index (χ0) is 14.7. The number of alkyl halides is 1. The summed E-state index contributed by atoms with van der Waals surface area (Å²) in [4.78, 5) is 23.9. The van der Waals surface area contributed by atoms with Gasteiger partial charge in [-0.15, -0.1) is 11.6 Å². The third-order valence-electron chi connectivity index (χ3n) is 3.23. The normalized spacial score (nSPS) is 14.0. The number of aryl methyl sites for hydroxylation is 1. The second kappa shape index (κ2) is 6.24. The van der Waals surface area contributed by atoms with E-state index in [1.807, 2.05) is 32.3 Å². The molecule has 0 radical (unpaired) electrons. The number of amides is 1. The van der Waals surface area contributed by atoms with E-state index in [1.165, 1.54) is 0 Å². The van der Waals surface area contributed by atoms with Crippen LogP contribution in [0.3, 0.4) is 0 Å². The molecule has 1 aromatic heterocycles. The van der Waals surface area contributed by atoms with Gasteiger partial charge in [-0.05, 0) is 40.7 Å². The van der Waals surface area contributed by atoms with E-state index in [0.29, 0.717) is 12.1 Å². The molecule has 0 aliphatic rings. The number of carbonyl (C=O) groups is 2. The van der Waals surface area contributed by atoms with Crippen LogP contribution in [0.25, 0.3) is 0 Å². The predicted octanol–water partition coefficient (Wildman–Crippen LogP) is 2.61. The maximum Gasteiger partial charge on any atom is 0.242 e. The van der Waals surface area contributed by atoms with Gasteiger partial charge in [-0.1, -0.05) is 0 Å². The highest BCUT2D eigenvalue weighted by Crippen LogP contribution is 2.22. The first kappa shape index (κ1) is 15.8. The number of halogens is 1. The van der Waals surface area contributed by atoms with Gasteiger partial charge >= 0.3 is 0 Å². The molecule has 0 fully saturated rings. The number of Topliss-reactive ketones (excluding diaryl/α,β-unsaturated/α-hetero) is 1. The summed E-state index contributed by atoms with van der Waals surface area (Å²) in [5.74, 6) is -0.161. The Hall–Kier alpha value is -1.29. The molecule has 2 unspecified atom stereocenters. The van der Waals surface area contributed by atoms with Gasteiger partial charge < -0.3 is 9.88 Å². The molecule has 0 bridgehead atoms. The van der Waals surface area contributed by atoms with Gasteiger partial charge in [0.1, 0.15) is 6.04 Å². The Kier molecular flexibility index (Phi) is 5.18. The highest BCUT2D eigenvalue weighted by atomic mass is 35.5. The van der Waals surface area contributed by atoms with Gasteiger partial charge in [0.05, 0.1) is 5.38 Å². The predicted molar refractivity (Wildman–Crippen MR) is 76.9 cm³/mol. The Morgan fingerprint density at radius 3 is 2.42 bits per heavy atom. The second-order valence-electron chi connectivity index (χ2n) is 4.71. The Morgan fingerprint density at radius 1 is 1.37 bits per heavy atom. The number of nitrogens with one attached hydrogen (secondary N) is 1. The number of nitrogens with zero attached hydrogens (tertiary/aromatic N) is 1. The van der Waals surface area contributed by atoms with Gasteiger partial charge in [-0.2, -0.15) is 0 Å². The van der Waals surface area contributed by atoms with E-state index in [9.17, 15) is 9.59 Å². The quantitative estimate of drug-likeness (QED) is 0.667. The Labute approximate surface area is 119 Å². The van der Waals surface area contributed by atoms with E-state index in [4.69, 9.17) is 11.6 Å². The van der Waals surface area contributed by atoms with Crippen LogP contribution < -0.4 is 5.32 Å². The maximum absolute atomic E-state index is 12.0. The molecule has 5 heteroatoms. The number of aromatic nitrogens is 1. The van der Waals surface area contributed by atoms with Crippen molar-refractivity contribution in [1.82, 2.24) is 9.88 Å². The average Bonchev–Trinajstić information content (AvgIpc) is 2.63. The molecule has 0 saturated heterocycles. The lowest BCUT2D eigenvalue weighted by molar-refractivity contribution is -0.123. The fourth-order valence-corrected chi connectivity index (χ4v) is 2.39. The van der Waals surface area contributed by atoms with E-state index in [0.717, 1.165) is 11.4 Å². The third-order valence-corrected chi connectivity index (χ3v) is 3.43. The summed E-state index contributed by atoms with van der Waals surface area (Å²) in [7, 11) is 0. The molecule has 2 atom stereocenters. The highest BCUT2D eigenvalue weighted by Gasteiger charge is 2.23. The molecular weight excluding hydrogens is 264 g/mol. The zero-order valence-corrected chi connectivity index (χ0v) is 12.8. The van der Waals surface area contributed by atoms with Crippen molar-refractivity contribution in [1.29, 1.82) is 0 Å². The maximum atomic E-state index is 12.0. The molecule has 19 heavy (non-hydrogen) atoms. The number of hydrogen-bond donors (Lipinski definition) is 1. The minimum Gasteiger partial charge on any atom is -0.355 e. The van der Waals surface area contributed by atoms with Crippen molar-refractivity contribution in [2.45, 2.75) is 46.0 Å². The molecule has 1 amide bonds. The van der Waals surface area contributed by atoms with Crippen LogP contribution in [0.5, 0.6) is 0 Å². The van der Waals surface area contributed by atoms with Crippen LogP contribution in [-0.4, -0.2) is 28.2 Å². The third kappa shape index (κ3) is 3.18. The van der Waals surface area contributed by atoms with Crippen molar-refractivity contribution >= 4 is 23.3 Å². The lowest BCUT2D eigenvalue weighted by Crippen LogP contribution is -2.31. The SMILES string of the molecule is CCNC(=O)C(C)n1c(C)cc(C(=O)C(C)Cl)c1C. The van der Waals surface area contributed by atoms with Gasteiger partial charge in [0.2, 0.25) is 5.91 Å². The van der Waals surface area contributed by atoms with Crippen molar-refractivity contribution in [3.8, 4) is 0 Å². The van der Waals surface area contributed by atoms with Gasteiger partial charge in [0.25, 0.3) is 0 Å². The molecular formula is C14H21ClN2O2. The van der Waals surface area contributed by atoms with E-state index in [2.05, 4.69) is 5.32 Å². The largest absolute Gasteiger partial charge is 0.355 e. The lowest BCUT2D eigenvalue weighted by atomic mass is 10.1. The molecule has 1 heterocycles. The molecule has 0 saturated carbocycles. The zero-order valence-electron chi connectivity index (χ0n) is 12.1. The van der Waals surface area contributed by atoms with Crippen LogP contribution >= 0.6 is 11.6 Å². The molecule has 0 aliphatic heterocycles. The van der Waals surface area contributed by atoms with Crippen LogP contribution in [0.15, 0.2) is 6.07 Å². The number of ketones is 1. The van der Waals surface area contributed by atoms with E-state index in [-0.39, 0.29) is 17.7 Å². The van der Waals surface area contributed by atoms with Crippen molar-refractivity contribution in [3.63, 3.8) is 0 Å². The van der Waals surface area contributed by atoms with Gasteiger partial charge in [0.15, 0.2) is 5.78 Å². The first-order chi connectivity index (χ1) is 8.81. The molecule has 0 spiro atoms. The summed E-state index contributed by atoms with van der Waals surface area (Å²) >= 11 is 5.85. The minimum atomic E-state index is -0.561. The lowest BCUT2D eigenvalue weighted by Gasteiger charge is -2.18. The number of carbonyl (C=O) groups excluding carboxylic acids is 2. The standard InChI is InChI=1S/C14H21ClN2O2/c1-6-16-14(19)11(5)17-8(2)7-12(10(17)4)13(18)9(3)15/h7,9,11H,6H2,1-5H3,(H,16,19). The van der Waals surface area contributed by atoms with Gasteiger partial charge in [-0.3, -0.25) is 9.59 Å². The molecule has 106 valence electrons. The fraction of sp³-hybridized carbons (Fsp3) is 0.571. The topological polar surface area (TPSA) is 51.1 Å². The number of hydrogen-bond acceptors (Lipinski definition) is 2. The molecule has 1 N–H and O–H groups in total. The number of rotatable bonds is 5. The van der Waals surface area contributed by atoms with Crippen LogP contribution in [0.2, 0.25) is 0 Å². The van der Waals surface area contributed by atoms with Gasteiger partial charge in [-0.25, -0.2) is 0 Å². The summed E-state index contributed by atoms with van der Waals surface area (Å²) in [6.45, 7) is 9.68. The Bertz CT molecular complexity index is 492. The van der Waals surface area contributed by atoms with Crippen molar-refractivity contribution in [3.05, 3.63) is 23.0 Å². The smallest absolute Gasteiger partial charge is 0.242 e. The van der Waals surface area contributed by atoms with E-state index < -0.39 is 5.38 Å². The highest BCUT2D eigenvalue weighted by molar-refractivity contribution is 6.33. The summed E-state index contributed by atoms with van der Waals surface area (Å²) < 4.78 is 1.87. The van der Waals surface area contributed by atoms with Crippen LogP contribution in [0.4, 0.5) is 0 Å². The van der Waals surface area contributed by atoms with Crippen LogP contribution in [0, 0.1) is 13.8 Å². The first-order valence-corrected chi connectivity index (χ1v) is 6.89. The second-order valence-corrected chi connectivity index (χ2v) is 5.36. The monoisotopic (exact) mass is 284 g/mol. The summed E-state index contributed by atoms with van der Waals surface area (Å²) in [6, 6.07) is 1.46. The summed E-state index contributed by atoms with van der Waals surface area (Å²) in [5.41, 5.74) is 2.27. The van der Waals surface area contributed by atoms with Crippen LogP contribution in [0.1, 0.15) is 48.6 Å². The van der Waals surface area contributed by atoms with Crippen molar-refractivity contribution in [2.24, 2.45) is 0 Å². The molecule has 1 aromatic rings. The minimum absolute atomic E-state index is 0.0535. The molecule has 0 aromatic carbocycles. The molecule has 0 aliphatic carbocycles. The fourth-order valence-electron chi connectivity index (χ4n) is 2.28. The Balaban J connectivity index is 3.17. The first-order valence-electron chi connectivity index (χ1n) is 6.45. The van der Waals surface area contributed by atoms with Crippen molar-refractivity contribution < 1.29 is 9.59 Å².